The van der Waals surface area contributed by atoms with E-state index in [-0.39, 0.29) is 0 Å². The van der Waals surface area contributed by atoms with Gasteiger partial charge in [-0.05, 0) is 59.5 Å². The Kier molecular flexibility index (Phi) is 6.74. The number of hydrogen-bond acceptors (Lipinski definition) is 4. The summed E-state index contributed by atoms with van der Waals surface area (Å²) in [5, 5.41) is 9.69. The van der Waals surface area contributed by atoms with E-state index in [1.54, 1.807) is 14.2 Å². The van der Waals surface area contributed by atoms with Crippen molar-refractivity contribution in [1.29, 1.82) is 0 Å². The average Bonchev–Trinajstić information content (AvgIpc) is 2.77. The highest BCUT2D eigenvalue weighted by Gasteiger charge is 2.20. The minimum absolute atomic E-state index is 0.408. The van der Waals surface area contributed by atoms with Crippen LogP contribution in [0.25, 0.3) is 0 Å². The lowest BCUT2D eigenvalue weighted by atomic mass is 9.92. The van der Waals surface area contributed by atoms with Gasteiger partial charge in [-0.3, -0.25) is 4.79 Å². The van der Waals surface area contributed by atoms with Crippen molar-refractivity contribution < 1.29 is 24.1 Å². The Balaban J connectivity index is 1.64. The molecular weight excluding hydrogens is 368 g/mol. The topological polar surface area (TPSA) is 65.0 Å². The van der Waals surface area contributed by atoms with Crippen molar-refractivity contribution in [1.82, 2.24) is 0 Å². The maximum Gasteiger partial charge on any atom is 0.311 e. The van der Waals surface area contributed by atoms with Crippen LogP contribution in [0.3, 0.4) is 0 Å². The largest absolute Gasteiger partial charge is 0.497 e. The van der Waals surface area contributed by atoms with Gasteiger partial charge in [0.05, 0.1) is 20.1 Å². The molecule has 0 fully saturated rings. The second-order valence-electron chi connectivity index (χ2n) is 6.65. The van der Waals surface area contributed by atoms with E-state index in [4.69, 9.17) is 14.2 Å². The van der Waals surface area contributed by atoms with Gasteiger partial charge in [-0.1, -0.05) is 36.4 Å². The van der Waals surface area contributed by atoms with Crippen LogP contribution in [-0.4, -0.2) is 25.3 Å². The minimum Gasteiger partial charge on any atom is -0.497 e. The van der Waals surface area contributed by atoms with Crippen LogP contribution in [0.2, 0.25) is 0 Å². The maximum atomic E-state index is 11.8. The maximum absolute atomic E-state index is 11.8. The van der Waals surface area contributed by atoms with Gasteiger partial charge in [0.2, 0.25) is 0 Å². The summed E-state index contributed by atoms with van der Waals surface area (Å²) in [6, 6.07) is 22.4. The molecule has 3 aromatic carbocycles. The molecule has 1 N–H and O–H groups in total. The predicted molar refractivity (Wildman–Crippen MR) is 111 cm³/mol. The van der Waals surface area contributed by atoms with Gasteiger partial charge in [0.1, 0.15) is 23.9 Å². The summed E-state index contributed by atoms with van der Waals surface area (Å²) in [5.41, 5.74) is 2.71. The summed E-state index contributed by atoms with van der Waals surface area (Å²) in [7, 11) is 3.24. The lowest BCUT2D eigenvalue weighted by Crippen LogP contribution is -2.14. The van der Waals surface area contributed by atoms with Crippen molar-refractivity contribution >= 4 is 5.97 Å². The highest BCUT2D eigenvalue weighted by atomic mass is 16.5. The highest BCUT2D eigenvalue weighted by Crippen LogP contribution is 2.25. The molecule has 150 valence electrons. The molecule has 0 radical (unpaired) electrons. The Labute approximate surface area is 170 Å². The number of aliphatic carboxylic acids is 1. The van der Waals surface area contributed by atoms with E-state index >= 15 is 0 Å². The van der Waals surface area contributed by atoms with Crippen LogP contribution in [0.5, 0.6) is 17.2 Å². The molecule has 0 saturated heterocycles. The molecule has 0 saturated carbocycles. The van der Waals surface area contributed by atoms with Gasteiger partial charge in [0.15, 0.2) is 0 Å². The van der Waals surface area contributed by atoms with E-state index in [1.165, 1.54) is 0 Å². The SMILES string of the molecule is COc1ccc(COc2ccc(C(Cc3ccc(OC)cc3)C(=O)O)cc2)cc1. The normalized spacial score (nSPS) is 11.5. The van der Waals surface area contributed by atoms with Crippen molar-refractivity contribution in [2.24, 2.45) is 0 Å². The Hall–Kier alpha value is -3.47. The number of carboxylic acid groups (broad SMARTS) is 1. The van der Waals surface area contributed by atoms with Crippen molar-refractivity contribution in [2.75, 3.05) is 14.2 Å². The molecule has 0 amide bonds. The Morgan fingerprint density at radius 1 is 0.759 bits per heavy atom. The number of rotatable bonds is 9. The van der Waals surface area contributed by atoms with Crippen molar-refractivity contribution in [3.63, 3.8) is 0 Å². The van der Waals surface area contributed by atoms with E-state index in [2.05, 4.69) is 0 Å². The molecule has 29 heavy (non-hydrogen) atoms. The number of hydrogen-bond donors (Lipinski definition) is 1. The fraction of sp³-hybridized carbons (Fsp3) is 0.208. The molecule has 1 unspecified atom stereocenters. The van der Waals surface area contributed by atoms with Crippen LogP contribution >= 0.6 is 0 Å². The van der Waals surface area contributed by atoms with Gasteiger partial charge in [-0.25, -0.2) is 0 Å². The average molecular weight is 392 g/mol. The zero-order valence-electron chi connectivity index (χ0n) is 16.5. The first-order valence-electron chi connectivity index (χ1n) is 9.30. The fourth-order valence-corrected chi connectivity index (χ4v) is 3.03. The molecule has 0 aliphatic rings. The quantitative estimate of drug-likeness (QED) is 0.572. The number of ether oxygens (including phenoxy) is 3. The molecule has 5 heteroatoms. The second-order valence-corrected chi connectivity index (χ2v) is 6.65. The summed E-state index contributed by atoms with van der Waals surface area (Å²) in [4.78, 5) is 11.8. The summed E-state index contributed by atoms with van der Waals surface area (Å²) >= 11 is 0. The molecule has 0 aliphatic carbocycles. The zero-order chi connectivity index (χ0) is 20.6. The lowest BCUT2D eigenvalue weighted by Gasteiger charge is -2.14. The second kappa shape index (κ2) is 9.64. The molecule has 3 aromatic rings. The molecule has 0 heterocycles. The van der Waals surface area contributed by atoms with Crippen LogP contribution in [0.4, 0.5) is 0 Å². The molecule has 0 spiro atoms. The Bertz CT molecular complexity index is 915. The van der Waals surface area contributed by atoms with E-state index < -0.39 is 11.9 Å². The van der Waals surface area contributed by atoms with E-state index in [9.17, 15) is 9.90 Å². The summed E-state index contributed by atoms with van der Waals surface area (Å²) in [5.74, 6) is 0.763. The Morgan fingerprint density at radius 3 is 1.72 bits per heavy atom. The van der Waals surface area contributed by atoms with E-state index in [1.807, 2.05) is 72.8 Å². The van der Waals surface area contributed by atoms with Crippen LogP contribution < -0.4 is 14.2 Å². The van der Waals surface area contributed by atoms with Gasteiger partial charge < -0.3 is 19.3 Å². The third kappa shape index (κ3) is 5.51. The number of carboxylic acids is 1. The van der Waals surface area contributed by atoms with Crippen LogP contribution in [-0.2, 0) is 17.8 Å². The molecule has 0 aromatic heterocycles. The molecule has 0 aliphatic heterocycles. The number of carbonyl (C=O) groups is 1. The number of benzene rings is 3. The molecule has 1 atom stereocenters. The number of methoxy groups -OCH3 is 2. The van der Waals surface area contributed by atoms with Crippen LogP contribution in [0.15, 0.2) is 72.8 Å². The minimum atomic E-state index is -0.854. The van der Waals surface area contributed by atoms with Crippen molar-refractivity contribution in [3.8, 4) is 17.2 Å². The fourth-order valence-electron chi connectivity index (χ4n) is 3.03. The summed E-state index contributed by atoms with van der Waals surface area (Å²) < 4.78 is 16.1. The third-order valence-electron chi connectivity index (χ3n) is 4.74. The standard InChI is InChI=1S/C24H24O5/c1-27-20-9-3-17(4-10-20)15-23(24(25)26)19-7-13-22(14-8-19)29-16-18-5-11-21(28-2)12-6-18/h3-14,23H,15-16H2,1-2H3,(H,25,26). The Morgan fingerprint density at radius 2 is 1.24 bits per heavy atom. The monoisotopic (exact) mass is 392 g/mol. The van der Waals surface area contributed by atoms with Gasteiger partial charge in [-0.2, -0.15) is 0 Å². The first-order valence-corrected chi connectivity index (χ1v) is 9.30. The molecule has 0 bridgehead atoms. The zero-order valence-corrected chi connectivity index (χ0v) is 16.5. The van der Waals surface area contributed by atoms with E-state index in [0.29, 0.717) is 18.8 Å². The molecule has 3 rings (SSSR count). The van der Waals surface area contributed by atoms with Crippen molar-refractivity contribution in [3.05, 3.63) is 89.5 Å². The summed E-state index contributed by atoms with van der Waals surface area (Å²) in [6.45, 7) is 0.428. The van der Waals surface area contributed by atoms with Gasteiger partial charge in [-0.15, -0.1) is 0 Å². The summed E-state index contributed by atoms with van der Waals surface area (Å²) in [6.07, 6.45) is 0.408. The lowest BCUT2D eigenvalue weighted by molar-refractivity contribution is -0.138. The van der Waals surface area contributed by atoms with Gasteiger partial charge in [0.25, 0.3) is 0 Å². The van der Waals surface area contributed by atoms with Gasteiger partial charge >= 0.3 is 5.97 Å². The predicted octanol–water partition coefficient (Wildman–Crippen LogP) is 4.69. The smallest absolute Gasteiger partial charge is 0.311 e. The highest BCUT2D eigenvalue weighted by molar-refractivity contribution is 5.76. The van der Waals surface area contributed by atoms with Crippen molar-refractivity contribution in [2.45, 2.75) is 18.9 Å². The molecule has 5 nitrogen and oxygen atoms in total. The first-order chi connectivity index (χ1) is 14.1. The first kappa shape index (κ1) is 20.3. The van der Waals surface area contributed by atoms with Crippen LogP contribution in [0.1, 0.15) is 22.6 Å². The van der Waals surface area contributed by atoms with Crippen LogP contribution in [0, 0.1) is 0 Å². The van der Waals surface area contributed by atoms with Gasteiger partial charge in [0, 0.05) is 0 Å². The third-order valence-corrected chi connectivity index (χ3v) is 4.74. The van der Waals surface area contributed by atoms with E-state index in [0.717, 1.165) is 28.2 Å². The molecular formula is C24H24O5.